The van der Waals surface area contributed by atoms with E-state index >= 15 is 0 Å². The molecule has 5 heteroatoms. The van der Waals surface area contributed by atoms with Gasteiger partial charge in [0.25, 0.3) is 5.56 Å². The topological polar surface area (TPSA) is 54.9 Å². The summed E-state index contributed by atoms with van der Waals surface area (Å²) in [6.45, 7) is 0. The van der Waals surface area contributed by atoms with Gasteiger partial charge in [0, 0.05) is 4.47 Å². The Kier molecular flexibility index (Phi) is 2.83. The summed E-state index contributed by atoms with van der Waals surface area (Å²) < 4.78 is 1.83. The monoisotopic (exact) mass is 316 g/mol. The summed E-state index contributed by atoms with van der Waals surface area (Å²) in [6.07, 6.45) is 0. The molecule has 0 saturated heterocycles. The molecule has 0 amide bonds. The van der Waals surface area contributed by atoms with Crippen molar-refractivity contribution in [1.82, 2.24) is 9.55 Å². The number of nitrogens with one attached hydrogen (secondary N) is 1. The number of nitrogens with zero attached hydrogens (tertiary/aromatic N) is 1. The molecule has 1 aromatic heterocycles. The van der Waals surface area contributed by atoms with Crippen LogP contribution < -0.4 is 11.2 Å². The minimum Gasteiger partial charge on any atom is -0.305 e. The van der Waals surface area contributed by atoms with Crippen molar-refractivity contribution in [3.8, 4) is 5.69 Å². The molecule has 3 aromatic rings. The van der Waals surface area contributed by atoms with Gasteiger partial charge in [0.05, 0.1) is 16.6 Å². The first-order valence-electron chi connectivity index (χ1n) is 5.67. The highest BCUT2D eigenvalue weighted by molar-refractivity contribution is 9.10. The predicted molar refractivity (Wildman–Crippen MR) is 77.9 cm³/mol. The Hall–Kier alpha value is -2.14. The normalized spacial score (nSPS) is 10.8. The van der Waals surface area contributed by atoms with Crippen LogP contribution in [0.25, 0.3) is 16.6 Å². The van der Waals surface area contributed by atoms with Gasteiger partial charge < -0.3 is 4.98 Å². The van der Waals surface area contributed by atoms with Crippen molar-refractivity contribution in [3.63, 3.8) is 0 Å². The number of aromatic nitrogens is 2. The number of rotatable bonds is 1. The Labute approximate surface area is 116 Å². The third kappa shape index (κ3) is 1.92. The van der Waals surface area contributed by atoms with Crippen molar-refractivity contribution in [2.75, 3.05) is 0 Å². The number of H-pyrrole nitrogens is 1. The fourth-order valence-corrected chi connectivity index (χ4v) is 2.48. The molecule has 0 aliphatic carbocycles. The average molecular weight is 317 g/mol. The number of benzene rings is 2. The molecule has 4 nitrogen and oxygen atoms in total. The summed E-state index contributed by atoms with van der Waals surface area (Å²) in [7, 11) is 0. The van der Waals surface area contributed by atoms with E-state index in [2.05, 4.69) is 20.9 Å². The van der Waals surface area contributed by atoms with E-state index in [1.807, 2.05) is 6.07 Å². The van der Waals surface area contributed by atoms with Crippen molar-refractivity contribution in [2.45, 2.75) is 0 Å². The third-order valence-electron chi connectivity index (χ3n) is 2.90. The maximum Gasteiger partial charge on any atom is 0.333 e. The second-order valence-electron chi connectivity index (χ2n) is 4.07. The van der Waals surface area contributed by atoms with Crippen molar-refractivity contribution in [3.05, 3.63) is 73.8 Å². The Bertz CT molecular complexity index is 866. The predicted octanol–water partition coefficient (Wildman–Crippen LogP) is 2.44. The van der Waals surface area contributed by atoms with Gasteiger partial charge in [-0.15, -0.1) is 0 Å². The van der Waals surface area contributed by atoms with Crippen LogP contribution in [0.3, 0.4) is 0 Å². The summed E-state index contributed by atoms with van der Waals surface area (Å²) in [5.41, 5.74) is 0.294. The maximum atomic E-state index is 12.4. The van der Waals surface area contributed by atoms with Gasteiger partial charge in [0.1, 0.15) is 0 Å². The number of hydrogen-bond donors (Lipinski definition) is 1. The Morgan fingerprint density at radius 3 is 2.42 bits per heavy atom. The number of fused-ring (bicyclic) bond motifs is 1. The van der Waals surface area contributed by atoms with Gasteiger partial charge in [-0.1, -0.05) is 24.3 Å². The zero-order chi connectivity index (χ0) is 13.4. The van der Waals surface area contributed by atoms with Crippen LogP contribution in [-0.4, -0.2) is 9.55 Å². The molecule has 0 aliphatic rings. The van der Waals surface area contributed by atoms with Gasteiger partial charge >= 0.3 is 5.69 Å². The van der Waals surface area contributed by atoms with Gasteiger partial charge in [-0.05, 0) is 40.2 Å². The van der Waals surface area contributed by atoms with Crippen molar-refractivity contribution in [2.24, 2.45) is 0 Å². The van der Waals surface area contributed by atoms with E-state index in [0.717, 1.165) is 4.57 Å². The van der Waals surface area contributed by atoms with Crippen LogP contribution in [0.1, 0.15) is 0 Å². The SMILES string of the molecule is O=c1[nH]c2c(Br)cccc2c(=O)n1-c1ccccc1. The van der Waals surface area contributed by atoms with E-state index in [9.17, 15) is 9.59 Å². The number of para-hydroxylation sites is 2. The molecule has 0 unspecified atom stereocenters. The van der Waals surface area contributed by atoms with Crippen molar-refractivity contribution >= 4 is 26.8 Å². The average Bonchev–Trinajstić information content (AvgIpc) is 2.41. The fourth-order valence-electron chi connectivity index (χ4n) is 2.02. The van der Waals surface area contributed by atoms with Crippen LogP contribution in [0.15, 0.2) is 62.6 Å². The molecule has 0 spiro atoms. The van der Waals surface area contributed by atoms with Crippen molar-refractivity contribution < 1.29 is 0 Å². The fraction of sp³-hybridized carbons (Fsp3) is 0. The third-order valence-corrected chi connectivity index (χ3v) is 3.56. The minimum atomic E-state index is -0.449. The molecular weight excluding hydrogens is 308 g/mol. The minimum absolute atomic E-state index is 0.328. The second kappa shape index (κ2) is 4.51. The van der Waals surface area contributed by atoms with Gasteiger partial charge in [-0.3, -0.25) is 4.79 Å². The molecule has 0 radical (unpaired) electrons. The number of hydrogen-bond acceptors (Lipinski definition) is 2. The molecule has 0 aliphatic heterocycles. The number of aromatic amines is 1. The zero-order valence-electron chi connectivity index (χ0n) is 9.76. The van der Waals surface area contributed by atoms with E-state index < -0.39 is 5.69 Å². The molecule has 0 bridgehead atoms. The lowest BCUT2D eigenvalue weighted by atomic mass is 10.2. The summed E-state index contributed by atoms with van der Waals surface area (Å²) in [5, 5.41) is 0.470. The summed E-state index contributed by atoms with van der Waals surface area (Å²) >= 11 is 3.33. The lowest BCUT2D eigenvalue weighted by molar-refractivity contribution is 0.901. The molecule has 0 atom stereocenters. The summed E-state index contributed by atoms with van der Waals surface area (Å²) in [5.74, 6) is 0. The van der Waals surface area contributed by atoms with E-state index in [1.165, 1.54) is 0 Å². The zero-order valence-corrected chi connectivity index (χ0v) is 11.3. The van der Waals surface area contributed by atoms with Crippen LogP contribution in [0, 0.1) is 0 Å². The molecule has 94 valence electrons. The summed E-state index contributed by atoms with van der Waals surface area (Å²) in [4.78, 5) is 27.2. The molecule has 0 fully saturated rings. The first-order valence-corrected chi connectivity index (χ1v) is 6.47. The molecule has 1 N–H and O–H groups in total. The number of halogens is 1. The smallest absolute Gasteiger partial charge is 0.305 e. The van der Waals surface area contributed by atoms with Gasteiger partial charge in [0.2, 0.25) is 0 Å². The van der Waals surface area contributed by atoms with Crippen LogP contribution in [0.5, 0.6) is 0 Å². The van der Waals surface area contributed by atoms with Crippen LogP contribution in [0.4, 0.5) is 0 Å². The van der Waals surface area contributed by atoms with Crippen LogP contribution in [0.2, 0.25) is 0 Å². The lowest BCUT2D eigenvalue weighted by Crippen LogP contribution is -2.33. The van der Waals surface area contributed by atoms with E-state index in [0.29, 0.717) is 21.1 Å². The summed E-state index contributed by atoms with van der Waals surface area (Å²) in [6, 6.07) is 14.1. The quantitative estimate of drug-likeness (QED) is 0.749. The first kappa shape index (κ1) is 11.9. The maximum absolute atomic E-state index is 12.4. The highest BCUT2D eigenvalue weighted by Crippen LogP contribution is 2.18. The second-order valence-corrected chi connectivity index (χ2v) is 4.92. The molecule has 19 heavy (non-hydrogen) atoms. The highest BCUT2D eigenvalue weighted by atomic mass is 79.9. The molecule has 1 heterocycles. The van der Waals surface area contributed by atoms with Gasteiger partial charge in [-0.25, -0.2) is 9.36 Å². The van der Waals surface area contributed by atoms with E-state index in [4.69, 9.17) is 0 Å². The van der Waals surface area contributed by atoms with E-state index in [1.54, 1.807) is 42.5 Å². The lowest BCUT2D eigenvalue weighted by Gasteiger charge is -2.06. The van der Waals surface area contributed by atoms with Gasteiger partial charge in [-0.2, -0.15) is 0 Å². The van der Waals surface area contributed by atoms with Crippen molar-refractivity contribution in [1.29, 1.82) is 0 Å². The van der Waals surface area contributed by atoms with Gasteiger partial charge in [0.15, 0.2) is 0 Å². The molecule has 0 saturated carbocycles. The molecule has 3 rings (SSSR count). The Balaban J connectivity index is 2.47. The van der Waals surface area contributed by atoms with Crippen LogP contribution in [-0.2, 0) is 0 Å². The standard InChI is InChI=1S/C14H9BrN2O2/c15-11-8-4-7-10-12(11)16-14(19)17(13(10)18)9-5-2-1-3-6-9/h1-8H,(H,16,19). The van der Waals surface area contributed by atoms with Crippen LogP contribution >= 0.6 is 15.9 Å². The highest BCUT2D eigenvalue weighted by Gasteiger charge is 2.10. The largest absolute Gasteiger partial charge is 0.333 e. The van der Waals surface area contributed by atoms with E-state index in [-0.39, 0.29) is 5.56 Å². The Morgan fingerprint density at radius 2 is 1.68 bits per heavy atom. The first-order chi connectivity index (χ1) is 9.18. The molecular formula is C14H9BrN2O2. The Morgan fingerprint density at radius 1 is 0.947 bits per heavy atom. The molecule has 2 aromatic carbocycles.